The standard InChI is InChI=1S/C13H23N3O/c1-3-14-10-11-4-5-12(11)13-6-7-15-16(13)8-9-17-2/h6-7,11-12,14H,3-5,8-10H2,1-2H3. The minimum absolute atomic E-state index is 0.688. The van der Waals surface area contributed by atoms with Crippen LogP contribution >= 0.6 is 0 Å². The van der Waals surface area contributed by atoms with Crippen LogP contribution in [0.1, 0.15) is 31.4 Å². The van der Waals surface area contributed by atoms with Crippen LogP contribution in [0.2, 0.25) is 0 Å². The molecule has 1 aliphatic rings. The van der Waals surface area contributed by atoms with Crippen molar-refractivity contribution in [3.8, 4) is 0 Å². The molecule has 0 radical (unpaired) electrons. The van der Waals surface area contributed by atoms with Gasteiger partial charge in [0.2, 0.25) is 0 Å². The molecule has 17 heavy (non-hydrogen) atoms. The first-order valence-electron chi connectivity index (χ1n) is 6.58. The number of hydrogen-bond donors (Lipinski definition) is 1. The smallest absolute Gasteiger partial charge is 0.0658 e. The van der Waals surface area contributed by atoms with Crippen molar-refractivity contribution in [3.05, 3.63) is 18.0 Å². The summed E-state index contributed by atoms with van der Waals surface area (Å²) in [5.74, 6) is 1.47. The zero-order chi connectivity index (χ0) is 12.1. The van der Waals surface area contributed by atoms with Crippen molar-refractivity contribution in [1.82, 2.24) is 15.1 Å². The van der Waals surface area contributed by atoms with Crippen molar-refractivity contribution < 1.29 is 4.74 Å². The Morgan fingerprint density at radius 1 is 1.53 bits per heavy atom. The first kappa shape index (κ1) is 12.6. The largest absolute Gasteiger partial charge is 0.383 e. The second-order valence-electron chi connectivity index (χ2n) is 4.72. The van der Waals surface area contributed by atoms with Crippen molar-refractivity contribution in [2.45, 2.75) is 32.2 Å². The molecule has 1 fully saturated rings. The maximum Gasteiger partial charge on any atom is 0.0658 e. The zero-order valence-electron chi connectivity index (χ0n) is 10.9. The molecule has 1 N–H and O–H groups in total. The number of nitrogens with zero attached hydrogens (tertiary/aromatic N) is 2. The summed E-state index contributed by atoms with van der Waals surface area (Å²) in [5, 5.41) is 7.84. The van der Waals surface area contributed by atoms with Gasteiger partial charge in [-0.05, 0) is 37.9 Å². The van der Waals surface area contributed by atoms with E-state index in [-0.39, 0.29) is 0 Å². The molecule has 1 aromatic rings. The van der Waals surface area contributed by atoms with E-state index in [9.17, 15) is 0 Å². The molecule has 1 heterocycles. The third-order valence-corrected chi connectivity index (χ3v) is 3.71. The summed E-state index contributed by atoms with van der Waals surface area (Å²) in [6.07, 6.45) is 4.55. The number of rotatable bonds is 7. The summed E-state index contributed by atoms with van der Waals surface area (Å²) in [6, 6.07) is 2.17. The van der Waals surface area contributed by atoms with E-state index >= 15 is 0 Å². The van der Waals surface area contributed by atoms with Gasteiger partial charge in [0.25, 0.3) is 0 Å². The Labute approximate surface area is 103 Å². The first-order chi connectivity index (χ1) is 8.36. The van der Waals surface area contributed by atoms with Gasteiger partial charge in [0.15, 0.2) is 0 Å². The van der Waals surface area contributed by atoms with E-state index in [0.717, 1.165) is 32.2 Å². The fourth-order valence-electron chi connectivity index (χ4n) is 2.55. The van der Waals surface area contributed by atoms with Gasteiger partial charge in [0.1, 0.15) is 0 Å². The number of methoxy groups -OCH3 is 1. The number of aromatic nitrogens is 2. The van der Waals surface area contributed by atoms with Crippen molar-refractivity contribution >= 4 is 0 Å². The Morgan fingerprint density at radius 3 is 3.06 bits per heavy atom. The average molecular weight is 237 g/mol. The van der Waals surface area contributed by atoms with Crippen LogP contribution in [-0.2, 0) is 11.3 Å². The van der Waals surface area contributed by atoms with Gasteiger partial charge in [-0.15, -0.1) is 0 Å². The summed E-state index contributed by atoms with van der Waals surface area (Å²) in [5.41, 5.74) is 1.39. The maximum atomic E-state index is 5.12. The van der Waals surface area contributed by atoms with E-state index in [1.165, 1.54) is 18.5 Å². The molecular weight excluding hydrogens is 214 g/mol. The summed E-state index contributed by atoms with van der Waals surface area (Å²) in [4.78, 5) is 0. The van der Waals surface area contributed by atoms with Gasteiger partial charge >= 0.3 is 0 Å². The van der Waals surface area contributed by atoms with Gasteiger partial charge in [-0.1, -0.05) is 6.92 Å². The lowest BCUT2D eigenvalue weighted by atomic mass is 9.71. The Kier molecular flexibility index (Phi) is 4.57. The summed E-state index contributed by atoms with van der Waals surface area (Å²) >= 11 is 0. The molecule has 4 heteroatoms. The van der Waals surface area contributed by atoms with E-state index in [4.69, 9.17) is 4.74 Å². The van der Waals surface area contributed by atoms with Crippen LogP contribution in [0.25, 0.3) is 0 Å². The molecule has 0 saturated heterocycles. The van der Waals surface area contributed by atoms with Gasteiger partial charge in [-0.3, -0.25) is 4.68 Å². The summed E-state index contributed by atoms with van der Waals surface area (Å²) in [6.45, 7) is 5.96. The van der Waals surface area contributed by atoms with Gasteiger partial charge in [-0.2, -0.15) is 5.10 Å². The summed E-state index contributed by atoms with van der Waals surface area (Å²) in [7, 11) is 1.74. The minimum Gasteiger partial charge on any atom is -0.383 e. The van der Waals surface area contributed by atoms with E-state index in [1.54, 1.807) is 7.11 Å². The lowest BCUT2D eigenvalue weighted by molar-refractivity contribution is 0.176. The van der Waals surface area contributed by atoms with Crippen molar-refractivity contribution in [2.24, 2.45) is 5.92 Å². The molecule has 1 aromatic heterocycles. The van der Waals surface area contributed by atoms with E-state index in [1.807, 2.05) is 6.20 Å². The van der Waals surface area contributed by atoms with Crippen LogP contribution in [0.15, 0.2) is 12.3 Å². The Bertz CT molecular complexity index is 337. The van der Waals surface area contributed by atoms with Gasteiger partial charge in [0, 0.05) is 24.9 Å². The highest BCUT2D eigenvalue weighted by Crippen LogP contribution is 2.41. The molecule has 0 aromatic carbocycles. The molecule has 96 valence electrons. The highest BCUT2D eigenvalue weighted by Gasteiger charge is 2.33. The lowest BCUT2D eigenvalue weighted by Gasteiger charge is -2.37. The van der Waals surface area contributed by atoms with E-state index < -0.39 is 0 Å². The average Bonchev–Trinajstić information content (AvgIpc) is 2.73. The van der Waals surface area contributed by atoms with Crippen molar-refractivity contribution in [3.63, 3.8) is 0 Å². The predicted molar refractivity (Wildman–Crippen MR) is 68.1 cm³/mol. The Balaban J connectivity index is 1.94. The van der Waals surface area contributed by atoms with Gasteiger partial charge in [-0.25, -0.2) is 0 Å². The molecular formula is C13H23N3O. The summed E-state index contributed by atoms with van der Waals surface area (Å²) < 4.78 is 7.22. The molecule has 2 atom stereocenters. The minimum atomic E-state index is 0.688. The van der Waals surface area contributed by atoms with Crippen LogP contribution in [0.4, 0.5) is 0 Å². The van der Waals surface area contributed by atoms with Gasteiger partial charge < -0.3 is 10.1 Å². The molecule has 4 nitrogen and oxygen atoms in total. The molecule has 2 unspecified atom stereocenters. The lowest BCUT2D eigenvalue weighted by Crippen LogP contribution is -2.35. The third kappa shape index (κ3) is 2.87. The third-order valence-electron chi connectivity index (χ3n) is 3.71. The second kappa shape index (κ2) is 6.17. The molecule has 2 rings (SSSR count). The molecule has 1 saturated carbocycles. The highest BCUT2D eigenvalue weighted by atomic mass is 16.5. The normalized spacial score (nSPS) is 23.6. The topological polar surface area (TPSA) is 39.1 Å². The molecule has 0 amide bonds. The van der Waals surface area contributed by atoms with Gasteiger partial charge in [0.05, 0.1) is 13.2 Å². The maximum absolute atomic E-state index is 5.12. The molecule has 1 aliphatic carbocycles. The van der Waals surface area contributed by atoms with Crippen molar-refractivity contribution in [1.29, 1.82) is 0 Å². The highest BCUT2D eigenvalue weighted by molar-refractivity contribution is 5.13. The van der Waals surface area contributed by atoms with Crippen LogP contribution in [-0.4, -0.2) is 36.6 Å². The molecule has 0 bridgehead atoms. The second-order valence-corrected chi connectivity index (χ2v) is 4.72. The van der Waals surface area contributed by atoms with Crippen molar-refractivity contribution in [2.75, 3.05) is 26.8 Å². The van der Waals surface area contributed by atoms with E-state index in [0.29, 0.717) is 5.92 Å². The SMILES string of the molecule is CCNCC1CCC1c1ccnn1CCOC. The zero-order valence-corrected chi connectivity index (χ0v) is 10.9. The Hall–Kier alpha value is -0.870. The monoisotopic (exact) mass is 237 g/mol. The Morgan fingerprint density at radius 2 is 2.41 bits per heavy atom. The van der Waals surface area contributed by atoms with Crippen LogP contribution in [0, 0.1) is 5.92 Å². The number of ether oxygens (including phenoxy) is 1. The fraction of sp³-hybridized carbons (Fsp3) is 0.769. The van der Waals surface area contributed by atoms with Crippen LogP contribution in [0.5, 0.6) is 0 Å². The number of nitrogens with one attached hydrogen (secondary N) is 1. The van der Waals surface area contributed by atoms with Crippen LogP contribution in [0.3, 0.4) is 0 Å². The van der Waals surface area contributed by atoms with E-state index in [2.05, 4.69) is 28.1 Å². The molecule has 0 aliphatic heterocycles. The molecule has 0 spiro atoms. The predicted octanol–water partition coefficient (Wildman–Crippen LogP) is 1.63. The number of hydrogen-bond acceptors (Lipinski definition) is 3. The fourth-order valence-corrected chi connectivity index (χ4v) is 2.55. The van der Waals surface area contributed by atoms with Crippen LogP contribution < -0.4 is 5.32 Å². The quantitative estimate of drug-likeness (QED) is 0.783. The first-order valence-corrected chi connectivity index (χ1v) is 6.58.